The maximum absolute atomic E-state index is 12.6. The number of fused-ring (bicyclic) bond motifs is 2. The summed E-state index contributed by atoms with van der Waals surface area (Å²) in [5, 5.41) is 9.32. The fraction of sp³-hybridized carbons (Fsp3) is 0.190. The molecule has 0 spiro atoms. The van der Waals surface area contributed by atoms with Gasteiger partial charge in [0.15, 0.2) is 0 Å². The zero-order chi connectivity index (χ0) is 21.0. The number of carbonyl (C=O) groups is 1. The number of benzene rings is 2. The van der Waals surface area contributed by atoms with Crippen LogP contribution in [-0.4, -0.2) is 27.8 Å². The lowest BCUT2D eigenvalue weighted by atomic mass is 9.86. The first-order valence-electron chi connectivity index (χ1n) is 9.24. The first-order chi connectivity index (χ1) is 14.4. The van der Waals surface area contributed by atoms with Crippen molar-refractivity contribution in [2.75, 3.05) is 12.4 Å². The van der Waals surface area contributed by atoms with Crippen molar-refractivity contribution in [2.24, 2.45) is 0 Å². The van der Waals surface area contributed by atoms with Crippen LogP contribution >= 0.6 is 34.5 Å². The summed E-state index contributed by atoms with van der Waals surface area (Å²) in [6.07, 6.45) is 0.314. The molecule has 6 nitrogen and oxygen atoms in total. The first-order valence-corrected chi connectivity index (χ1v) is 10.8. The van der Waals surface area contributed by atoms with Crippen molar-refractivity contribution in [1.82, 2.24) is 14.8 Å². The Morgan fingerprint density at radius 1 is 1.20 bits per heavy atom. The molecule has 1 N–H and O–H groups in total. The molecule has 0 aliphatic carbocycles. The predicted molar refractivity (Wildman–Crippen MR) is 120 cm³/mol. The molecular formula is C21H16Cl2N4O2S. The fourth-order valence-corrected chi connectivity index (χ4v) is 5.07. The van der Waals surface area contributed by atoms with Gasteiger partial charge in [0, 0.05) is 17.9 Å². The molecule has 1 unspecified atom stereocenters. The van der Waals surface area contributed by atoms with Crippen LogP contribution in [0.1, 0.15) is 29.2 Å². The normalized spacial score (nSPS) is 15.9. The highest BCUT2D eigenvalue weighted by Crippen LogP contribution is 2.42. The maximum atomic E-state index is 12.6. The third-order valence-corrected chi connectivity index (χ3v) is 6.95. The molecule has 1 amide bonds. The number of carbonyl (C=O) groups excluding carboxylic acids is 1. The van der Waals surface area contributed by atoms with Crippen molar-refractivity contribution in [1.29, 1.82) is 0 Å². The Morgan fingerprint density at radius 2 is 2.03 bits per heavy atom. The Hall–Kier alpha value is -2.61. The van der Waals surface area contributed by atoms with E-state index >= 15 is 0 Å². The van der Waals surface area contributed by atoms with Crippen LogP contribution in [0.5, 0.6) is 5.75 Å². The van der Waals surface area contributed by atoms with Crippen molar-refractivity contribution in [2.45, 2.75) is 19.3 Å². The molecule has 30 heavy (non-hydrogen) atoms. The van der Waals surface area contributed by atoms with Gasteiger partial charge in [0.2, 0.25) is 11.0 Å². The van der Waals surface area contributed by atoms with E-state index in [4.69, 9.17) is 38.0 Å². The number of aromatic nitrogens is 3. The first kappa shape index (κ1) is 19.4. The number of aryl methyl sites for hydroxylation is 1. The number of nitrogens with one attached hydrogen (secondary N) is 1. The van der Waals surface area contributed by atoms with Crippen LogP contribution < -0.4 is 10.1 Å². The molecule has 5 rings (SSSR count). The number of amides is 1. The number of rotatable bonds is 3. The second kappa shape index (κ2) is 7.27. The van der Waals surface area contributed by atoms with E-state index < -0.39 is 0 Å². The van der Waals surface area contributed by atoms with E-state index in [2.05, 4.69) is 5.32 Å². The number of methoxy groups -OCH3 is 1. The standard InChI is InChI=1S/C21H16Cl2N4O2S/c1-10-19-13(11-3-5-14(22)15(23)7-11)9-18(28)25-20(19)27(26-10)21-24-16-6-4-12(29-2)8-17(16)30-21/h3-8,13H,9H2,1-2H3,(H,25,28). The molecule has 9 heteroatoms. The summed E-state index contributed by atoms with van der Waals surface area (Å²) >= 11 is 13.8. The number of halogens is 2. The SMILES string of the molecule is COc1ccc2nc(-n3nc(C)c4c3NC(=O)CC4c3ccc(Cl)c(Cl)c3)sc2c1. The van der Waals surface area contributed by atoms with Gasteiger partial charge in [0.25, 0.3) is 0 Å². The van der Waals surface area contributed by atoms with Crippen LogP contribution in [-0.2, 0) is 4.79 Å². The van der Waals surface area contributed by atoms with Gasteiger partial charge in [-0.3, -0.25) is 4.79 Å². The number of thiazole rings is 1. The van der Waals surface area contributed by atoms with Crippen LogP contribution in [0.2, 0.25) is 10.0 Å². The average Bonchev–Trinajstić information content (AvgIpc) is 3.29. The van der Waals surface area contributed by atoms with E-state index in [1.54, 1.807) is 17.9 Å². The molecule has 0 radical (unpaired) electrons. The molecule has 2 aromatic carbocycles. The van der Waals surface area contributed by atoms with Gasteiger partial charge >= 0.3 is 0 Å². The Kier molecular flexibility index (Phi) is 4.69. The molecule has 0 saturated heterocycles. The largest absolute Gasteiger partial charge is 0.497 e. The molecule has 1 aliphatic rings. The number of anilines is 1. The summed E-state index contributed by atoms with van der Waals surface area (Å²) in [4.78, 5) is 17.3. The smallest absolute Gasteiger partial charge is 0.226 e. The topological polar surface area (TPSA) is 69.0 Å². The molecule has 1 aliphatic heterocycles. The number of nitrogens with zero attached hydrogens (tertiary/aromatic N) is 3. The third kappa shape index (κ3) is 3.14. The molecule has 1 atom stereocenters. The van der Waals surface area contributed by atoms with Crippen LogP contribution in [0, 0.1) is 6.92 Å². The van der Waals surface area contributed by atoms with Crippen LogP contribution in [0.15, 0.2) is 36.4 Å². The summed E-state index contributed by atoms with van der Waals surface area (Å²) < 4.78 is 8.00. The monoisotopic (exact) mass is 458 g/mol. The third-order valence-electron chi connectivity index (χ3n) is 5.21. The zero-order valence-electron chi connectivity index (χ0n) is 16.1. The average molecular weight is 459 g/mol. The van der Waals surface area contributed by atoms with E-state index in [-0.39, 0.29) is 11.8 Å². The van der Waals surface area contributed by atoms with Gasteiger partial charge in [-0.1, -0.05) is 40.6 Å². The lowest BCUT2D eigenvalue weighted by Crippen LogP contribution is -2.24. The van der Waals surface area contributed by atoms with Crippen molar-refractivity contribution in [3.63, 3.8) is 0 Å². The van der Waals surface area contributed by atoms with Gasteiger partial charge in [-0.2, -0.15) is 9.78 Å². The number of hydrogen-bond acceptors (Lipinski definition) is 5. The van der Waals surface area contributed by atoms with Gasteiger partial charge in [0.05, 0.1) is 33.1 Å². The highest BCUT2D eigenvalue weighted by Gasteiger charge is 2.33. The van der Waals surface area contributed by atoms with Crippen molar-refractivity contribution < 1.29 is 9.53 Å². The Balaban J connectivity index is 1.65. The minimum absolute atomic E-state index is 0.0810. The van der Waals surface area contributed by atoms with Gasteiger partial charge in [-0.15, -0.1) is 0 Å². The minimum atomic E-state index is -0.160. The number of ether oxygens (including phenoxy) is 1. The van der Waals surface area contributed by atoms with Crippen molar-refractivity contribution in [3.05, 3.63) is 63.3 Å². The molecule has 152 valence electrons. The summed E-state index contributed by atoms with van der Waals surface area (Å²) in [7, 11) is 1.63. The Bertz CT molecular complexity index is 1310. The summed E-state index contributed by atoms with van der Waals surface area (Å²) in [5.74, 6) is 1.17. The fourth-order valence-electron chi connectivity index (χ4n) is 3.81. The van der Waals surface area contributed by atoms with Gasteiger partial charge < -0.3 is 10.1 Å². The van der Waals surface area contributed by atoms with Gasteiger partial charge in [-0.25, -0.2) is 4.98 Å². The molecule has 0 fully saturated rings. The quantitative estimate of drug-likeness (QED) is 0.434. The lowest BCUT2D eigenvalue weighted by Gasteiger charge is -2.24. The molecular weight excluding hydrogens is 443 g/mol. The second-order valence-corrected chi connectivity index (χ2v) is 8.89. The van der Waals surface area contributed by atoms with E-state index in [9.17, 15) is 4.79 Å². The van der Waals surface area contributed by atoms with E-state index in [1.165, 1.54) is 11.3 Å². The van der Waals surface area contributed by atoms with Crippen molar-refractivity contribution in [3.8, 4) is 10.9 Å². The minimum Gasteiger partial charge on any atom is -0.497 e. The summed E-state index contributed by atoms with van der Waals surface area (Å²) in [6.45, 7) is 1.94. The van der Waals surface area contributed by atoms with E-state index in [0.717, 1.165) is 32.8 Å². The Labute approximate surface area is 186 Å². The van der Waals surface area contributed by atoms with E-state index in [1.807, 2.05) is 37.3 Å². The highest BCUT2D eigenvalue weighted by atomic mass is 35.5. The molecule has 2 aromatic heterocycles. The molecule has 0 bridgehead atoms. The second-order valence-electron chi connectivity index (χ2n) is 7.07. The highest BCUT2D eigenvalue weighted by molar-refractivity contribution is 7.20. The van der Waals surface area contributed by atoms with Crippen molar-refractivity contribution >= 4 is 56.5 Å². The zero-order valence-corrected chi connectivity index (χ0v) is 18.4. The summed E-state index contributed by atoms with van der Waals surface area (Å²) in [6, 6.07) is 11.2. The van der Waals surface area contributed by atoms with E-state index in [0.29, 0.717) is 27.4 Å². The predicted octanol–water partition coefficient (Wildman–Crippen LogP) is 5.58. The molecule has 0 saturated carbocycles. The van der Waals surface area contributed by atoms with Gasteiger partial charge in [-0.05, 0) is 42.8 Å². The van der Waals surface area contributed by atoms with Crippen LogP contribution in [0.25, 0.3) is 15.3 Å². The lowest BCUT2D eigenvalue weighted by molar-refractivity contribution is -0.116. The molecule has 3 heterocycles. The summed E-state index contributed by atoms with van der Waals surface area (Å²) in [5.41, 5.74) is 3.57. The van der Waals surface area contributed by atoms with Crippen LogP contribution in [0.4, 0.5) is 5.82 Å². The van der Waals surface area contributed by atoms with Crippen LogP contribution in [0.3, 0.4) is 0 Å². The molecule has 4 aromatic rings. The maximum Gasteiger partial charge on any atom is 0.226 e. The number of hydrogen-bond donors (Lipinski definition) is 1. The van der Waals surface area contributed by atoms with Gasteiger partial charge in [0.1, 0.15) is 11.6 Å². The Morgan fingerprint density at radius 3 is 2.80 bits per heavy atom.